The number of benzene rings is 7. The predicted molar refractivity (Wildman–Crippen MR) is 250 cm³/mol. The number of aromatic nitrogens is 2. The van der Waals surface area contributed by atoms with E-state index in [2.05, 4.69) is 224 Å². The van der Waals surface area contributed by atoms with Gasteiger partial charge in [0, 0.05) is 58.3 Å². The molecule has 9 aromatic rings. The molecule has 0 fully saturated rings. The van der Waals surface area contributed by atoms with Gasteiger partial charge in [-0.1, -0.05) is 148 Å². The third-order valence-corrected chi connectivity index (χ3v) is 11.6. The minimum absolute atomic E-state index is 0.0935. The van der Waals surface area contributed by atoms with Crippen molar-refractivity contribution >= 4 is 33.2 Å². The van der Waals surface area contributed by atoms with E-state index in [4.69, 9.17) is 9.72 Å². The van der Waals surface area contributed by atoms with Crippen LogP contribution in [0.15, 0.2) is 195 Å². The van der Waals surface area contributed by atoms with Crippen LogP contribution in [0.2, 0.25) is 0 Å². The summed E-state index contributed by atoms with van der Waals surface area (Å²) in [5.41, 5.74) is 14.0. The van der Waals surface area contributed by atoms with Gasteiger partial charge in [0.05, 0.1) is 23.4 Å². The van der Waals surface area contributed by atoms with Crippen molar-refractivity contribution in [1.29, 1.82) is 0 Å². The van der Waals surface area contributed by atoms with Crippen molar-refractivity contribution in [2.75, 3.05) is 16.5 Å². The fourth-order valence-electron chi connectivity index (χ4n) is 8.50. The number of nitrogens with zero attached hydrogens (tertiary/aromatic N) is 4. The van der Waals surface area contributed by atoms with Crippen LogP contribution in [0.4, 0.5) is 11.4 Å². The van der Waals surface area contributed by atoms with Crippen LogP contribution in [0.3, 0.4) is 0 Å². The SMILES string of the molecule is Cc1cnc(-n2c3ccccc3c3ccc(Oc4cccc(N5C=CN(c6c(-c7ccccc7)cccc6-c6ccccc6)C5)c4)cc32)cc1-c1ccc(C(C)(C)C)cc1. The summed E-state index contributed by atoms with van der Waals surface area (Å²) in [7, 11) is 0. The Kier molecular flexibility index (Phi) is 9.29. The van der Waals surface area contributed by atoms with Gasteiger partial charge in [-0.05, 0) is 82.1 Å². The van der Waals surface area contributed by atoms with E-state index >= 15 is 0 Å². The number of para-hydroxylation sites is 2. The highest BCUT2D eigenvalue weighted by Gasteiger charge is 2.23. The summed E-state index contributed by atoms with van der Waals surface area (Å²) in [5, 5.41) is 2.33. The Hall–Kier alpha value is -7.37. The summed E-state index contributed by atoms with van der Waals surface area (Å²) >= 11 is 0. The lowest BCUT2D eigenvalue weighted by Crippen LogP contribution is -2.25. The molecule has 5 nitrogen and oxygen atoms in total. The molecule has 0 amide bonds. The molecule has 1 aliphatic rings. The number of rotatable bonds is 8. The second kappa shape index (κ2) is 15.1. The number of pyridine rings is 1. The number of anilines is 2. The quantitative estimate of drug-likeness (QED) is 0.154. The number of hydrogen-bond donors (Lipinski definition) is 0. The maximum atomic E-state index is 6.69. The summed E-state index contributed by atoms with van der Waals surface area (Å²) in [6.07, 6.45) is 6.33. The number of aryl methyl sites for hydroxylation is 1. The molecule has 10 rings (SSSR count). The molecule has 60 heavy (non-hydrogen) atoms. The van der Waals surface area contributed by atoms with Gasteiger partial charge in [-0.3, -0.25) is 4.57 Å². The van der Waals surface area contributed by atoms with Crippen molar-refractivity contribution in [1.82, 2.24) is 9.55 Å². The van der Waals surface area contributed by atoms with E-state index in [1.165, 1.54) is 50.0 Å². The molecular formula is C55H46N4O. The molecule has 0 saturated heterocycles. The van der Waals surface area contributed by atoms with Crippen molar-refractivity contribution in [2.24, 2.45) is 0 Å². The molecule has 0 saturated carbocycles. The Morgan fingerprint density at radius 1 is 0.517 bits per heavy atom. The van der Waals surface area contributed by atoms with Crippen LogP contribution >= 0.6 is 0 Å². The molecule has 0 spiro atoms. The molecule has 3 heterocycles. The monoisotopic (exact) mass is 778 g/mol. The van der Waals surface area contributed by atoms with E-state index in [9.17, 15) is 0 Å². The van der Waals surface area contributed by atoms with Crippen LogP contribution in [0.5, 0.6) is 11.5 Å². The minimum atomic E-state index is 0.0935. The van der Waals surface area contributed by atoms with Gasteiger partial charge in [0.25, 0.3) is 0 Å². The van der Waals surface area contributed by atoms with Gasteiger partial charge in [0.1, 0.15) is 17.3 Å². The zero-order valence-electron chi connectivity index (χ0n) is 34.4. The average Bonchev–Trinajstić information content (AvgIpc) is 3.90. The van der Waals surface area contributed by atoms with Gasteiger partial charge in [-0.15, -0.1) is 0 Å². The lowest BCUT2D eigenvalue weighted by molar-refractivity contribution is 0.483. The van der Waals surface area contributed by atoms with Gasteiger partial charge < -0.3 is 14.5 Å². The topological polar surface area (TPSA) is 33.5 Å². The van der Waals surface area contributed by atoms with Crippen LogP contribution in [0.25, 0.3) is 61.0 Å². The molecule has 0 aliphatic carbocycles. The highest BCUT2D eigenvalue weighted by molar-refractivity contribution is 6.09. The fraction of sp³-hybridized carbons (Fsp3) is 0.109. The van der Waals surface area contributed by atoms with Crippen molar-refractivity contribution in [3.05, 3.63) is 206 Å². The first-order valence-electron chi connectivity index (χ1n) is 20.6. The molecular weight excluding hydrogens is 733 g/mol. The lowest BCUT2D eigenvalue weighted by Gasteiger charge is -2.26. The normalized spacial score (nSPS) is 12.8. The van der Waals surface area contributed by atoms with Crippen LogP contribution < -0.4 is 14.5 Å². The Balaban J connectivity index is 0.965. The van der Waals surface area contributed by atoms with E-state index in [1.54, 1.807) is 0 Å². The van der Waals surface area contributed by atoms with E-state index in [0.717, 1.165) is 45.0 Å². The van der Waals surface area contributed by atoms with Crippen molar-refractivity contribution in [3.63, 3.8) is 0 Å². The summed E-state index contributed by atoms with van der Waals surface area (Å²) in [6, 6.07) is 62.4. The maximum Gasteiger partial charge on any atom is 0.138 e. The molecule has 0 bridgehead atoms. The number of fused-ring (bicyclic) bond motifs is 3. The summed E-state index contributed by atoms with van der Waals surface area (Å²) in [5.74, 6) is 2.40. The lowest BCUT2D eigenvalue weighted by atomic mass is 9.86. The van der Waals surface area contributed by atoms with Crippen molar-refractivity contribution in [3.8, 4) is 50.7 Å². The third kappa shape index (κ3) is 6.88. The van der Waals surface area contributed by atoms with Crippen LogP contribution in [0, 0.1) is 6.92 Å². The third-order valence-electron chi connectivity index (χ3n) is 11.6. The summed E-state index contributed by atoms with van der Waals surface area (Å²) in [6.45, 7) is 9.55. The molecule has 0 N–H and O–H groups in total. The maximum absolute atomic E-state index is 6.69. The van der Waals surface area contributed by atoms with Gasteiger partial charge in [-0.25, -0.2) is 4.98 Å². The molecule has 0 unspecified atom stereocenters. The standard InChI is InChI=1S/C55H46N4O/c1-38-36-56-53(35-50(38)41-25-27-42(28-26-41)55(2,3)4)59-51-24-12-11-21-48(51)49-30-29-45(34-52(49)59)60-44-20-13-19-43(33-44)57-31-32-58(37-57)54-46(39-15-7-5-8-16-39)22-14-23-47(54)40-17-9-6-10-18-40/h5-36H,37H2,1-4H3. The van der Waals surface area contributed by atoms with Crippen molar-refractivity contribution < 1.29 is 4.74 Å². The fourth-order valence-corrected chi connectivity index (χ4v) is 8.50. The average molecular weight is 779 g/mol. The number of ether oxygens (including phenoxy) is 1. The van der Waals surface area contributed by atoms with E-state index in [1.807, 2.05) is 12.3 Å². The molecule has 0 radical (unpaired) electrons. The second-order valence-electron chi connectivity index (χ2n) is 16.6. The zero-order chi connectivity index (χ0) is 40.8. The van der Waals surface area contributed by atoms with Crippen LogP contribution in [-0.4, -0.2) is 16.2 Å². The molecule has 7 aromatic carbocycles. The molecule has 0 atom stereocenters. The van der Waals surface area contributed by atoms with Gasteiger partial charge >= 0.3 is 0 Å². The summed E-state index contributed by atoms with van der Waals surface area (Å²) < 4.78 is 8.96. The molecule has 2 aromatic heterocycles. The summed E-state index contributed by atoms with van der Waals surface area (Å²) in [4.78, 5) is 9.62. The van der Waals surface area contributed by atoms with Crippen LogP contribution in [0.1, 0.15) is 31.9 Å². The minimum Gasteiger partial charge on any atom is -0.457 e. The smallest absolute Gasteiger partial charge is 0.138 e. The first-order chi connectivity index (χ1) is 29.3. The van der Waals surface area contributed by atoms with E-state index in [0.29, 0.717) is 6.67 Å². The molecule has 1 aliphatic heterocycles. The second-order valence-corrected chi connectivity index (χ2v) is 16.6. The Morgan fingerprint density at radius 2 is 1.13 bits per heavy atom. The van der Waals surface area contributed by atoms with Gasteiger partial charge in [-0.2, -0.15) is 0 Å². The first-order valence-corrected chi connectivity index (χ1v) is 20.6. The largest absolute Gasteiger partial charge is 0.457 e. The van der Waals surface area contributed by atoms with Crippen molar-refractivity contribution in [2.45, 2.75) is 33.1 Å². The predicted octanol–water partition coefficient (Wildman–Crippen LogP) is 14.3. The Morgan fingerprint density at radius 3 is 1.85 bits per heavy atom. The zero-order valence-corrected chi connectivity index (χ0v) is 34.4. The van der Waals surface area contributed by atoms with E-state index < -0.39 is 0 Å². The highest BCUT2D eigenvalue weighted by Crippen LogP contribution is 2.42. The number of hydrogen-bond acceptors (Lipinski definition) is 4. The first kappa shape index (κ1) is 36.9. The van der Waals surface area contributed by atoms with Gasteiger partial charge in [0.15, 0.2) is 0 Å². The Labute approximate surface area is 352 Å². The van der Waals surface area contributed by atoms with Crippen LogP contribution in [-0.2, 0) is 5.41 Å². The van der Waals surface area contributed by atoms with Gasteiger partial charge in [0.2, 0.25) is 0 Å². The highest BCUT2D eigenvalue weighted by atomic mass is 16.5. The van der Waals surface area contributed by atoms with E-state index in [-0.39, 0.29) is 5.41 Å². The Bertz CT molecular complexity index is 2970. The molecule has 5 heteroatoms. The molecule has 292 valence electrons.